The van der Waals surface area contributed by atoms with Gasteiger partial charge in [-0.25, -0.2) is 9.97 Å². The summed E-state index contributed by atoms with van der Waals surface area (Å²) in [5.74, 6) is 0. The summed E-state index contributed by atoms with van der Waals surface area (Å²) in [6.45, 7) is 9.69. The van der Waals surface area contributed by atoms with Crippen LogP contribution < -0.4 is 0 Å². The Hall–Kier alpha value is -2.68. The molecule has 4 rings (SSSR count). The molecule has 3 heteroatoms. The molecule has 0 saturated heterocycles. The summed E-state index contributed by atoms with van der Waals surface area (Å²) in [6, 6.07) is 17.4. The maximum Gasteiger partial charge on any atom is 0.116 e. The van der Waals surface area contributed by atoms with E-state index in [2.05, 4.69) is 90.8 Å². The van der Waals surface area contributed by atoms with Gasteiger partial charge >= 0.3 is 0 Å². The lowest BCUT2D eigenvalue weighted by molar-refractivity contribution is 0.567. The molecule has 0 aliphatic carbocycles. The van der Waals surface area contributed by atoms with Crippen LogP contribution in [-0.4, -0.2) is 14.5 Å². The molecule has 0 radical (unpaired) electrons. The number of rotatable bonds is 2. The summed E-state index contributed by atoms with van der Waals surface area (Å²) < 4.78 is 2.37. The predicted octanol–water partition coefficient (Wildman–Crippen LogP) is 5.57. The zero-order valence-corrected chi connectivity index (χ0v) is 15.2. The zero-order chi connectivity index (χ0) is 17.6. The minimum Gasteiger partial charge on any atom is -0.341 e. The fraction of sp³-hybridized carbons (Fsp3) is 0.273. The average Bonchev–Trinajstić information content (AvgIpc) is 2.94. The Morgan fingerprint density at radius 3 is 2.40 bits per heavy atom. The molecule has 0 amide bonds. The number of para-hydroxylation sites is 1. The van der Waals surface area contributed by atoms with E-state index in [9.17, 15) is 0 Å². The number of benzene rings is 2. The second kappa shape index (κ2) is 5.69. The Morgan fingerprint density at radius 2 is 1.64 bits per heavy atom. The van der Waals surface area contributed by atoms with Gasteiger partial charge in [0.1, 0.15) is 6.33 Å². The Balaban J connectivity index is 1.95. The first kappa shape index (κ1) is 15.8. The number of nitrogens with zero attached hydrogens (tertiary/aromatic N) is 3. The first-order chi connectivity index (χ1) is 12.0. The largest absolute Gasteiger partial charge is 0.341 e. The normalized spacial score (nSPS) is 12.2. The van der Waals surface area contributed by atoms with E-state index in [1.165, 1.54) is 21.8 Å². The van der Waals surface area contributed by atoms with Crippen LogP contribution in [0, 0.1) is 0 Å². The Morgan fingerprint density at radius 1 is 0.880 bits per heavy atom. The van der Waals surface area contributed by atoms with E-state index in [0.717, 1.165) is 23.5 Å². The minimum absolute atomic E-state index is 0.0139. The topological polar surface area (TPSA) is 30.7 Å². The van der Waals surface area contributed by atoms with Crippen molar-refractivity contribution in [1.29, 1.82) is 0 Å². The maximum absolute atomic E-state index is 4.52. The molecule has 0 bridgehead atoms. The smallest absolute Gasteiger partial charge is 0.116 e. The van der Waals surface area contributed by atoms with E-state index < -0.39 is 0 Å². The van der Waals surface area contributed by atoms with Crippen LogP contribution in [-0.2, 0) is 12.0 Å². The molecule has 0 N–H and O–H groups in total. The average molecular weight is 329 g/mol. The zero-order valence-electron chi connectivity index (χ0n) is 15.2. The van der Waals surface area contributed by atoms with Crippen molar-refractivity contribution in [2.45, 2.75) is 39.7 Å². The lowest BCUT2D eigenvalue weighted by Crippen LogP contribution is -2.13. The van der Waals surface area contributed by atoms with Crippen LogP contribution >= 0.6 is 0 Å². The van der Waals surface area contributed by atoms with Crippen LogP contribution in [0.25, 0.3) is 33.1 Å². The summed E-state index contributed by atoms with van der Waals surface area (Å²) in [5.41, 5.74) is 5.76. The van der Waals surface area contributed by atoms with Gasteiger partial charge in [0.2, 0.25) is 0 Å². The second-order valence-corrected chi connectivity index (χ2v) is 7.53. The van der Waals surface area contributed by atoms with E-state index in [1.54, 1.807) is 6.33 Å². The van der Waals surface area contributed by atoms with Gasteiger partial charge < -0.3 is 4.57 Å². The fourth-order valence-electron chi connectivity index (χ4n) is 3.48. The van der Waals surface area contributed by atoms with Crippen LogP contribution in [0.4, 0.5) is 0 Å². The number of fused-ring (bicyclic) bond motifs is 3. The lowest BCUT2D eigenvalue weighted by Gasteiger charge is -2.17. The molecular formula is C22H23N3. The number of hydrogen-bond donors (Lipinski definition) is 0. The molecular weight excluding hydrogens is 306 g/mol. The molecule has 0 unspecified atom stereocenters. The van der Waals surface area contributed by atoms with Crippen LogP contribution in [0.3, 0.4) is 0 Å². The van der Waals surface area contributed by atoms with Crippen molar-refractivity contribution in [3.8, 4) is 11.3 Å². The summed E-state index contributed by atoms with van der Waals surface area (Å²) in [6.07, 6.45) is 1.68. The van der Waals surface area contributed by atoms with Gasteiger partial charge in [0.05, 0.1) is 5.69 Å². The molecule has 4 aromatic rings. The third-order valence-electron chi connectivity index (χ3n) is 4.82. The van der Waals surface area contributed by atoms with E-state index in [4.69, 9.17) is 0 Å². The molecule has 0 saturated carbocycles. The van der Waals surface area contributed by atoms with E-state index in [0.29, 0.717) is 0 Å². The van der Waals surface area contributed by atoms with Gasteiger partial charge in [-0.05, 0) is 31.2 Å². The molecule has 0 fully saturated rings. The van der Waals surface area contributed by atoms with Gasteiger partial charge in [-0.2, -0.15) is 0 Å². The van der Waals surface area contributed by atoms with Crippen LogP contribution in [0.15, 0.2) is 54.9 Å². The van der Waals surface area contributed by atoms with Gasteiger partial charge in [0.15, 0.2) is 0 Å². The lowest BCUT2D eigenvalue weighted by atomic mass is 9.91. The van der Waals surface area contributed by atoms with Crippen LogP contribution in [0.5, 0.6) is 0 Å². The van der Waals surface area contributed by atoms with E-state index >= 15 is 0 Å². The SMILES string of the molecule is CCn1c2ccccc2c2cc(-c3cc(C(C)(C)C)ncn3)ccc21. The summed E-state index contributed by atoms with van der Waals surface area (Å²) in [7, 11) is 0. The van der Waals surface area contributed by atoms with Gasteiger partial charge in [0.25, 0.3) is 0 Å². The van der Waals surface area contributed by atoms with Crippen molar-refractivity contribution in [2.24, 2.45) is 0 Å². The molecule has 0 spiro atoms. The first-order valence-corrected chi connectivity index (χ1v) is 8.83. The van der Waals surface area contributed by atoms with Crippen LogP contribution in [0.1, 0.15) is 33.4 Å². The number of aromatic nitrogens is 3. The molecule has 0 atom stereocenters. The van der Waals surface area contributed by atoms with Crippen LogP contribution in [0.2, 0.25) is 0 Å². The van der Waals surface area contributed by atoms with E-state index in [1.807, 2.05) is 0 Å². The second-order valence-electron chi connectivity index (χ2n) is 7.53. The van der Waals surface area contributed by atoms with Crippen molar-refractivity contribution in [3.05, 3.63) is 60.6 Å². The van der Waals surface area contributed by atoms with Crippen molar-refractivity contribution in [1.82, 2.24) is 14.5 Å². The third-order valence-corrected chi connectivity index (χ3v) is 4.82. The van der Waals surface area contributed by atoms with Gasteiger partial charge in [-0.3, -0.25) is 0 Å². The third kappa shape index (κ3) is 2.60. The Bertz CT molecular complexity index is 1070. The summed E-state index contributed by atoms with van der Waals surface area (Å²) >= 11 is 0. The van der Waals surface area contributed by atoms with Crippen molar-refractivity contribution in [3.63, 3.8) is 0 Å². The van der Waals surface area contributed by atoms with Crippen molar-refractivity contribution < 1.29 is 0 Å². The molecule has 0 aliphatic rings. The van der Waals surface area contributed by atoms with Gasteiger partial charge in [-0.1, -0.05) is 45.0 Å². The molecule has 3 nitrogen and oxygen atoms in total. The first-order valence-electron chi connectivity index (χ1n) is 8.83. The molecule has 2 aromatic carbocycles. The van der Waals surface area contributed by atoms with Crippen molar-refractivity contribution in [2.75, 3.05) is 0 Å². The fourth-order valence-corrected chi connectivity index (χ4v) is 3.48. The molecule has 2 aromatic heterocycles. The Labute approximate surface area is 148 Å². The summed E-state index contributed by atoms with van der Waals surface area (Å²) in [5, 5.41) is 2.58. The molecule has 126 valence electrons. The molecule has 25 heavy (non-hydrogen) atoms. The Kier molecular flexibility index (Phi) is 3.60. The maximum atomic E-state index is 4.52. The van der Waals surface area contributed by atoms with Gasteiger partial charge in [0, 0.05) is 45.0 Å². The standard InChI is InChI=1S/C22H23N3/c1-5-25-19-9-7-6-8-16(19)17-12-15(10-11-20(17)25)18-13-21(22(2,3)4)24-14-23-18/h6-14H,5H2,1-4H3. The number of hydrogen-bond acceptors (Lipinski definition) is 2. The highest BCUT2D eigenvalue weighted by Gasteiger charge is 2.17. The minimum atomic E-state index is 0.0139. The quantitative estimate of drug-likeness (QED) is 0.481. The van der Waals surface area contributed by atoms with Gasteiger partial charge in [-0.15, -0.1) is 0 Å². The highest BCUT2D eigenvalue weighted by Crippen LogP contribution is 2.32. The molecule has 2 heterocycles. The monoisotopic (exact) mass is 329 g/mol. The van der Waals surface area contributed by atoms with Crippen molar-refractivity contribution >= 4 is 21.8 Å². The van der Waals surface area contributed by atoms with E-state index in [-0.39, 0.29) is 5.41 Å². The highest BCUT2D eigenvalue weighted by atomic mass is 15.0. The molecule has 0 aliphatic heterocycles. The predicted molar refractivity (Wildman–Crippen MR) is 105 cm³/mol. The number of aryl methyl sites for hydroxylation is 1. The summed E-state index contributed by atoms with van der Waals surface area (Å²) in [4.78, 5) is 8.97. The highest BCUT2D eigenvalue weighted by molar-refractivity contribution is 6.09.